The van der Waals surface area contributed by atoms with Crippen molar-refractivity contribution in [2.75, 3.05) is 18.8 Å². The Morgan fingerprint density at radius 2 is 1.67 bits per heavy atom. The van der Waals surface area contributed by atoms with Crippen molar-refractivity contribution in [2.45, 2.75) is 32.6 Å². The van der Waals surface area contributed by atoms with Gasteiger partial charge in [0.25, 0.3) is 0 Å². The number of piperidine rings is 1. The number of nitrogens with one attached hydrogen (secondary N) is 2. The van der Waals surface area contributed by atoms with Crippen molar-refractivity contribution in [3.63, 3.8) is 0 Å². The summed E-state index contributed by atoms with van der Waals surface area (Å²) in [6.07, 6.45) is 7.89. The smallest absolute Gasteiger partial charge is 0.132 e. The quantitative estimate of drug-likeness (QED) is 0.477. The van der Waals surface area contributed by atoms with Gasteiger partial charge in [0.2, 0.25) is 0 Å². The fourth-order valence-electron chi connectivity index (χ4n) is 4.45. The molecule has 0 aliphatic carbocycles. The van der Waals surface area contributed by atoms with Crippen LogP contribution < -0.4 is 11.1 Å². The first-order valence-electron chi connectivity index (χ1n) is 10.5. The van der Waals surface area contributed by atoms with E-state index in [1.54, 1.807) is 0 Å². The van der Waals surface area contributed by atoms with E-state index < -0.39 is 0 Å². The van der Waals surface area contributed by atoms with Crippen LogP contribution in [0.25, 0.3) is 33.2 Å². The molecule has 3 aromatic heterocycles. The summed E-state index contributed by atoms with van der Waals surface area (Å²) in [5.74, 6) is 0.969. The van der Waals surface area contributed by atoms with Gasteiger partial charge in [0, 0.05) is 46.1 Å². The Hall–Kier alpha value is -3.25. The van der Waals surface area contributed by atoms with Crippen molar-refractivity contribution in [3.05, 3.63) is 59.7 Å². The maximum Gasteiger partial charge on any atom is 0.132 e. The molecule has 4 heterocycles. The Labute approximate surface area is 176 Å². The topological polar surface area (TPSA) is 92.5 Å². The Kier molecular flexibility index (Phi) is 4.71. The summed E-state index contributed by atoms with van der Waals surface area (Å²) in [5, 5.41) is 13.4. The molecule has 0 bridgehead atoms. The Morgan fingerprint density at radius 1 is 0.900 bits per heavy atom. The number of H-pyrrole nitrogens is 1. The number of rotatable bonds is 3. The molecule has 152 valence electrons. The third kappa shape index (κ3) is 3.23. The molecule has 0 amide bonds. The molecule has 1 saturated heterocycles. The second-order valence-electron chi connectivity index (χ2n) is 8.19. The summed E-state index contributed by atoms with van der Waals surface area (Å²) in [4.78, 5) is 9.22. The van der Waals surface area contributed by atoms with Crippen LogP contribution in [0.3, 0.4) is 0 Å². The van der Waals surface area contributed by atoms with Gasteiger partial charge >= 0.3 is 0 Å². The number of anilines is 1. The fourth-order valence-corrected chi connectivity index (χ4v) is 4.45. The van der Waals surface area contributed by atoms with E-state index in [9.17, 15) is 0 Å². The lowest BCUT2D eigenvalue weighted by molar-refractivity contribution is 0.453. The van der Waals surface area contributed by atoms with Gasteiger partial charge in [-0.05, 0) is 68.4 Å². The Balaban J connectivity index is 1.59. The SMILES string of the molecule is Cc1ccc(C)c2cc(-c3cc(-c4cn[nH]c4C4CCNCC4)cnc3N)ncc12. The zero-order chi connectivity index (χ0) is 20.7. The van der Waals surface area contributed by atoms with E-state index in [0.717, 1.165) is 48.3 Å². The number of fused-ring (bicyclic) bond motifs is 1. The average Bonchev–Trinajstić information content (AvgIpc) is 3.27. The number of pyridine rings is 2. The molecule has 6 heteroatoms. The number of nitrogens with zero attached hydrogens (tertiary/aromatic N) is 3. The van der Waals surface area contributed by atoms with E-state index in [2.05, 4.69) is 58.6 Å². The molecule has 0 saturated carbocycles. The second kappa shape index (κ2) is 7.54. The molecule has 6 nitrogen and oxygen atoms in total. The van der Waals surface area contributed by atoms with E-state index in [4.69, 9.17) is 10.7 Å². The van der Waals surface area contributed by atoms with Gasteiger partial charge in [-0.1, -0.05) is 12.1 Å². The molecule has 4 aromatic rings. The van der Waals surface area contributed by atoms with Crippen LogP contribution in [-0.2, 0) is 0 Å². The van der Waals surface area contributed by atoms with Crippen LogP contribution in [0, 0.1) is 13.8 Å². The number of hydrogen-bond donors (Lipinski definition) is 3. The first-order chi connectivity index (χ1) is 14.6. The Bertz CT molecular complexity index is 1220. The van der Waals surface area contributed by atoms with Crippen molar-refractivity contribution in [1.82, 2.24) is 25.5 Å². The lowest BCUT2D eigenvalue weighted by Gasteiger charge is -2.22. The van der Waals surface area contributed by atoms with Gasteiger partial charge in [-0.3, -0.25) is 10.1 Å². The highest BCUT2D eigenvalue weighted by atomic mass is 15.1. The number of aromatic nitrogens is 4. The molecule has 1 aromatic carbocycles. The van der Waals surface area contributed by atoms with Crippen LogP contribution in [0.5, 0.6) is 0 Å². The fraction of sp³-hybridized carbons (Fsp3) is 0.292. The molecule has 1 aliphatic heterocycles. The van der Waals surface area contributed by atoms with E-state index >= 15 is 0 Å². The molecule has 0 atom stereocenters. The predicted molar refractivity (Wildman–Crippen MR) is 121 cm³/mol. The van der Waals surface area contributed by atoms with Gasteiger partial charge in [0.15, 0.2) is 0 Å². The molecule has 1 aliphatic rings. The molecular formula is C24H26N6. The number of nitrogens with two attached hydrogens (primary N) is 1. The highest BCUT2D eigenvalue weighted by molar-refractivity contribution is 5.91. The van der Waals surface area contributed by atoms with E-state index in [1.807, 2.05) is 18.6 Å². The van der Waals surface area contributed by atoms with Gasteiger partial charge in [-0.15, -0.1) is 0 Å². The molecule has 0 spiro atoms. The van der Waals surface area contributed by atoms with Gasteiger partial charge < -0.3 is 11.1 Å². The van der Waals surface area contributed by atoms with Gasteiger partial charge in [-0.25, -0.2) is 4.98 Å². The van der Waals surface area contributed by atoms with Crippen molar-refractivity contribution >= 4 is 16.6 Å². The summed E-state index contributed by atoms with van der Waals surface area (Å²) in [5.41, 5.74) is 13.7. The van der Waals surface area contributed by atoms with Gasteiger partial charge in [-0.2, -0.15) is 5.10 Å². The summed E-state index contributed by atoms with van der Waals surface area (Å²) in [7, 11) is 0. The zero-order valence-electron chi connectivity index (χ0n) is 17.4. The maximum atomic E-state index is 6.28. The zero-order valence-corrected chi connectivity index (χ0v) is 17.4. The minimum absolute atomic E-state index is 0.481. The molecule has 4 N–H and O–H groups in total. The van der Waals surface area contributed by atoms with Crippen LogP contribution in [0.2, 0.25) is 0 Å². The number of aromatic amines is 1. The van der Waals surface area contributed by atoms with Gasteiger partial charge in [0.05, 0.1) is 11.9 Å². The molecule has 1 fully saturated rings. The largest absolute Gasteiger partial charge is 0.383 e. The third-order valence-electron chi connectivity index (χ3n) is 6.26. The van der Waals surface area contributed by atoms with E-state index in [1.165, 1.54) is 27.6 Å². The second-order valence-corrected chi connectivity index (χ2v) is 8.19. The molecule has 0 radical (unpaired) electrons. The van der Waals surface area contributed by atoms with Crippen LogP contribution in [0.15, 0.2) is 42.9 Å². The van der Waals surface area contributed by atoms with E-state index in [0.29, 0.717) is 11.7 Å². The van der Waals surface area contributed by atoms with Crippen LogP contribution in [-0.4, -0.2) is 33.3 Å². The van der Waals surface area contributed by atoms with Crippen molar-refractivity contribution in [2.24, 2.45) is 0 Å². The normalized spacial score (nSPS) is 15.0. The molecule has 30 heavy (non-hydrogen) atoms. The molecular weight excluding hydrogens is 372 g/mol. The highest BCUT2D eigenvalue weighted by Gasteiger charge is 2.21. The summed E-state index contributed by atoms with van der Waals surface area (Å²) >= 11 is 0. The van der Waals surface area contributed by atoms with Crippen LogP contribution in [0.1, 0.15) is 35.6 Å². The predicted octanol–water partition coefficient (Wildman–Crippen LogP) is 4.35. The molecule has 0 unspecified atom stereocenters. The number of nitrogen functional groups attached to an aromatic ring is 1. The number of hydrogen-bond acceptors (Lipinski definition) is 5. The number of aryl methyl sites for hydroxylation is 2. The average molecular weight is 399 g/mol. The molecule has 5 rings (SSSR count). The van der Waals surface area contributed by atoms with Crippen LogP contribution >= 0.6 is 0 Å². The van der Waals surface area contributed by atoms with Crippen LogP contribution in [0.4, 0.5) is 5.82 Å². The maximum absolute atomic E-state index is 6.28. The number of benzene rings is 1. The lowest BCUT2D eigenvalue weighted by Crippen LogP contribution is -2.27. The minimum atomic E-state index is 0.481. The van der Waals surface area contributed by atoms with Crippen molar-refractivity contribution in [1.29, 1.82) is 0 Å². The minimum Gasteiger partial charge on any atom is -0.383 e. The Morgan fingerprint density at radius 3 is 2.47 bits per heavy atom. The summed E-state index contributed by atoms with van der Waals surface area (Å²) in [6, 6.07) is 8.50. The van der Waals surface area contributed by atoms with Crippen molar-refractivity contribution in [3.8, 4) is 22.4 Å². The third-order valence-corrected chi connectivity index (χ3v) is 6.26. The van der Waals surface area contributed by atoms with Crippen molar-refractivity contribution < 1.29 is 0 Å². The summed E-state index contributed by atoms with van der Waals surface area (Å²) in [6.45, 7) is 6.31. The highest BCUT2D eigenvalue weighted by Crippen LogP contribution is 2.35. The standard InChI is InChI=1S/C24H26N6/c1-14-3-4-15(2)20-12-27-22(10-18(14)20)19-9-17(11-28-24(19)25)21-13-29-30-23(21)16-5-7-26-8-6-16/h3-4,9-13,16,26H,5-8H2,1-2H3,(H2,25,28)(H,29,30). The first-order valence-corrected chi connectivity index (χ1v) is 10.5. The van der Waals surface area contributed by atoms with Gasteiger partial charge in [0.1, 0.15) is 5.82 Å². The summed E-state index contributed by atoms with van der Waals surface area (Å²) < 4.78 is 0. The first kappa shape index (κ1) is 18.8. The lowest BCUT2D eigenvalue weighted by atomic mass is 9.90. The monoisotopic (exact) mass is 398 g/mol. The van der Waals surface area contributed by atoms with E-state index in [-0.39, 0.29) is 0 Å².